The van der Waals surface area contributed by atoms with E-state index < -0.39 is 11.9 Å². The summed E-state index contributed by atoms with van der Waals surface area (Å²) in [5.74, 6) is 2.08. The molecule has 0 spiro atoms. The molecule has 1 N–H and O–H groups in total. The highest BCUT2D eigenvalue weighted by atomic mass is 16.5. The zero-order valence-corrected chi connectivity index (χ0v) is 10.4. The van der Waals surface area contributed by atoms with Gasteiger partial charge in [0, 0.05) is 0 Å². The monoisotopic (exact) mass is 258 g/mol. The lowest BCUT2D eigenvalue weighted by Crippen LogP contribution is -2.32. The highest BCUT2D eigenvalue weighted by Gasteiger charge is 2.79. The number of carbonyl (C=O) groups is 2. The molecule has 6 aliphatic carbocycles. The van der Waals surface area contributed by atoms with Crippen LogP contribution in [0.5, 0.6) is 0 Å². The topological polar surface area (TPSA) is 63.6 Å². The van der Waals surface area contributed by atoms with Gasteiger partial charge in [-0.15, -0.1) is 0 Å². The summed E-state index contributed by atoms with van der Waals surface area (Å²) in [4.78, 5) is 23.6. The van der Waals surface area contributed by atoms with Gasteiger partial charge in [0.2, 0.25) is 0 Å². The van der Waals surface area contributed by atoms with Gasteiger partial charge in [-0.05, 0) is 47.3 Å². The van der Waals surface area contributed by atoms with Crippen molar-refractivity contribution < 1.29 is 19.4 Å². The molecule has 8 bridgehead atoms. The van der Waals surface area contributed by atoms with Crippen LogP contribution >= 0.6 is 0 Å². The molecule has 0 aromatic rings. The second-order valence-corrected chi connectivity index (χ2v) is 6.52. The van der Waals surface area contributed by atoms with E-state index in [2.05, 4.69) is 12.2 Å². The number of allylic oxidation sites excluding steroid dienone is 2. The quantitative estimate of drug-likeness (QED) is 0.595. The summed E-state index contributed by atoms with van der Waals surface area (Å²) in [5, 5.41) is 9.50. The number of ether oxygens (including phenoxy) is 1. The Bertz CT molecular complexity index is 601. The largest absolute Gasteiger partial charge is 0.478 e. The van der Waals surface area contributed by atoms with Gasteiger partial charge in [-0.1, -0.05) is 12.2 Å². The first-order valence-corrected chi connectivity index (χ1v) is 6.90. The van der Waals surface area contributed by atoms with Crippen molar-refractivity contribution in [2.24, 2.45) is 47.3 Å². The van der Waals surface area contributed by atoms with Crippen molar-refractivity contribution in [2.45, 2.75) is 0 Å². The van der Waals surface area contributed by atoms with Gasteiger partial charge in [0.1, 0.15) is 0 Å². The number of esters is 1. The van der Waals surface area contributed by atoms with E-state index in [1.165, 1.54) is 7.11 Å². The minimum atomic E-state index is -0.913. The molecule has 0 aromatic carbocycles. The molecule has 4 saturated carbocycles. The predicted octanol–water partition coefficient (Wildman–Crippen LogP) is 1.09. The number of hydrogen-bond acceptors (Lipinski definition) is 3. The first-order valence-electron chi connectivity index (χ1n) is 6.90. The molecule has 4 heteroatoms. The Morgan fingerprint density at radius 2 is 1.58 bits per heavy atom. The first kappa shape index (κ1) is 10.2. The molecule has 98 valence electrons. The molecular formula is C15H14O4. The van der Waals surface area contributed by atoms with Crippen LogP contribution < -0.4 is 0 Å². The van der Waals surface area contributed by atoms with Crippen molar-refractivity contribution in [3.63, 3.8) is 0 Å². The Morgan fingerprint density at radius 1 is 1.00 bits per heavy atom. The number of methoxy groups -OCH3 is 1. The molecule has 4 nitrogen and oxygen atoms in total. The van der Waals surface area contributed by atoms with E-state index in [1.807, 2.05) is 0 Å². The second kappa shape index (κ2) is 2.79. The fraction of sp³-hybridized carbons (Fsp3) is 0.600. The van der Waals surface area contributed by atoms with Crippen molar-refractivity contribution in [3.8, 4) is 0 Å². The summed E-state index contributed by atoms with van der Waals surface area (Å²) in [6.45, 7) is 0. The third-order valence-corrected chi connectivity index (χ3v) is 6.47. The van der Waals surface area contributed by atoms with E-state index in [0.717, 1.165) is 0 Å². The van der Waals surface area contributed by atoms with Crippen LogP contribution in [0, 0.1) is 47.3 Å². The molecule has 0 radical (unpaired) electrons. The lowest BCUT2D eigenvalue weighted by atomic mass is 9.71. The summed E-state index contributed by atoms with van der Waals surface area (Å²) in [7, 11) is 1.34. The van der Waals surface area contributed by atoms with Crippen LogP contribution in [0.15, 0.2) is 23.3 Å². The van der Waals surface area contributed by atoms with E-state index in [-0.39, 0.29) is 11.8 Å². The van der Waals surface area contributed by atoms with Crippen LogP contribution in [0.1, 0.15) is 0 Å². The van der Waals surface area contributed by atoms with E-state index in [1.54, 1.807) is 0 Å². The van der Waals surface area contributed by atoms with E-state index in [0.29, 0.717) is 46.7 Å². The Balaban J connectivity index is 1.71. The van der Waals surface area contributed by atoms with Gasteiger partial charge in [-0.3, -0.25) is 0 Å². The molecule has 19 heavy (non-hydrogen) atoms. The number of carboxylic acids is 1. The Morgan fingerprint density at radius 3 is 2.11 bits per heavy atom. The van der Waals surface area contributed by atoms with Gasteiger partial charge in [0.15, 0.2) is 0 Å². The van der Waals surface area contributed by atoms with Gasteiger partial charge in [-0.25, -0.2) is 9.59 Å². The molecular weight excluding hydrogens is 244 g/mol. The number of aliphatic carboxylic acids is 1. The zero-order valence-electron chi connectivity index (χ0n) is 10.4. The van der Waals surface area contributed by atoms with Crippen molar-refractivity contribution in [1.29, 1.82) is 0 Å². The summed E-state index contributed by atoms with van der Waals surface area (Å²) < 4.78 is 4.84. The Hall–Kier alpha value is -1.58. The first-order chi connectivity index (χ1) is 9.16. The van der Waals surface area contributed by atoms with Gasteiger partial charge in [0.25, 0.3) is 0 Å². The predicted molar refractivity (Wildman–Crippen MR) is 63.7 cm³/mol. The lowest BCUT2D eigenvalue weighted by Gasteiger charge is -2.32. The standard InChI is InChI=1S/C15H14O4/c1-19-15(18)13-11-8-5-3-2-4-6(5)9(11)10(7(4)8)12(13)14(16)17/h2-11H,1H3,(H,16,17)/t4-,5-,6-,7+,8+,9+,10-,11+/m1/s1. The molecule has 4 fully saturated rings. The number of carboxylic acid groups (broad SMARTS) is 1. The Kier molecular flexibility index (Phi) is 1.50. The maximum atomic E-state index is 12.0. The number of carbonyl (C=O) groups excluding carboxylic acids is 1. The molecule has 0 heterocycles. The highest BCUT2D eigenvalue weighted by Crippen LogP contribution is 2.81. The molecule has 6 aliphatic rings. The molecule has 0 saturated heterocycles. The average molecular weight is 258 g/mol. The van der Waals surface area contributed by atoms with E-state index in [4.69, 9.17) is 4.74 Å². The molecule has 0 unspecified atom stereocenters. The van der Waals surface area contributed by atoms with E-state index in [9.17, 15) is 14.7 Å². The summed E-state index contributed by atoms with van der Waals surface area (Å²) in [6, 6.07) is 0. The fourth-order valence-corrected chi connectivity index (χ4v) is 6.48. The van der Waals surface area contributed by atoms with Crippen LogP contribution in [0.4, 0.5) is 0 Å². The Labute approximate surface area is 110 Å². The normalized spacial score (nSPS) is 53.7. The molecule has 0 aliphatic heterocycles. The van der Waals surface area contributed by atoms with Gasteiger partial charge in [-0.2, -0.15) is 0 Å². The van der Waals surface area contributed by atoms with Crippen LogP contribution in [-0.2, 0) is 14.3 Å². The van der Waals surface area contributed by atoms with Gasteiger partial charge in [0.05, 0.1) is 18.3 Å². The van der Waals surface area contributed by atoms with Crippen molar-refractivity contribution in [3.05, 3.63) is 23.3 Å². The molecule has 0 amide bonds. The minimum Gasteiger partial charge on any atom is -0.478 e. The number of rotatable bonds is 2. The van der Waals surface area contributed by atoms with Crippen molar-refractivity contribution in [2.75, 3.05) is 7.11 Å². The van der Waals surface area contributed by atoms with Crippen LogP contribution in [0.3, 0.4) is 0 Å². The fourth-order valence-electron chi connectivity index (χ4n) is 6.48. The van der Waals surface area contributed by atoms with Crippen LogP contribution in [0.25, 0.3) is 0 Å². The molecule has 6 rings (SSSR count). The second-order valence-electron chi connectivity index (χ2n) is 6.52. The summed E-state index contributed by atoms with van der Waals surface area (Å²) >= 11 is 0. The zero-order chi connectivity index (χ0) is 13.0. The van der Waals surface area contributed by atoms with Crippen LogP contribution in [-0.4, -0.2) is 24.2 Å². The minimum absolute atomic E-state index is 0.109. The smallest absolute Gasteiger partial charge is 0.334 e. The third kappa shape index (κ3) is 0.798. The molecule has 8 atom stereocenters. The summed E-state index contributed by atoms with van der Waals surface area (Å²) in [6.07, 6.45) is 4.60. The maximum Gasteiger partial charge on any atom is 0.334 e. The maximum absolute atomic E-state index is 12.0. The SMILES string of the molecule is COC(=O)C1=C(C(=O)O)[C@H]2[C@H]3[C@@H]1[C@H]1[C@@H]4C=C[C@H]([C@H]43)[C@H]21. The van der Waals surface area contributed by atoms with Crippen molar-refractivity contribution >= 4 is 11.9 Å². The number of hydrogen-bond donors (Lipinski definition) is 1. The van der Waals surface area contributed by atoms with E-state index >= 15 is 0 Å². The highest BCUT2D eigenvalue weighted by molar-refractivity contribution is 6.02. The third-order valence-electron chi connectivity index (χ3n) is 6.47. The van der Waals surface area contributed by atoms with Gasteiger partial charge < -0.3 is 9.84 Å². The lowest BCUT2D eigenvalue weighted by molar-refractivity contribution is -0.139. The summed E-state index contributed by atoms with van der Waals surface area (Å²) in [5.41, 5.74) is 0.872. The van der Waals surface area contributed by atoms with Gasteiger partial charge >= 0.3 is 11.9 Å². The van der Waals surface area contributed by atoms with Crippen LogP contribution in [0.2, 0.25) is 0 Å². The average Bonchev–Trinajstić information content (AvgIpc) is 3.15. The van der Waals surface area contributed by atoms with Crippen molar-refractivity contribution in [1.82, 2.24) is 0 Å². The molecule has 0 aromatic heterocycles.